The Kier molecular flexibility index (Phi) is 2.98. The molecule has 3 rings (SSSR count). The molecule has 1 fully saturated rings. The van der Waals surface area contributed by atoms with E-state index < -0.39 is 0 Å². The number of hydrogen-bond acceptors (Lipinski definition) is 2. The van der Waals surface area contributed by atoms with Crippen molar-refractivity contribution in [2.24, 2.45) is 0 Å². The molecule has 1 aromatic carbocycles. The summed E-state index contributed by atoms with van der Waals surface area (Å²) in [7, 11) is 0. The van der Waals surface area contributed by atoms with Crippen molar-refractivity contribution in [2.45, 2.75) is 30.6 Å². The monoisotopic (exact) mass is 282 g/mol. The van der Waals surface area contributed by atoms with Crippen LogP contribution in [0.3, 0.4) is 0 Å². The van der Waals surface area contributed by atoms with Gasteiger partial charge in [-0.15, -0.1) is 0 Å². The average molecular weight is 282 g/mol. The number of rotatable bonds is 3. The van der Waals surface area contributed by atoms with E-state index in [0.29, 0.717) is 9.52 Å². The molecule has 0 aliphatic heterocycles. The van der Waals surface area contributed by atoms with E-state index >= 15 is 0 Å². The first kappa shape index (κ1) is 12.2. The smallest absolute Gasteiger partial charge is 0.178 e. The molecule has 2 aromatic rings. The van der Waals surface area contributed by atoms with Gasteiger partial charge >= 0.3 is 0 Å². The molecule has 1 aliphatic carbocycles. The Labute approximate surface area is 115 Å². The predicted molar refractivity (Wildman–Crippen MR) is 77.2 cm³/mol. The topological polar surface area (TPSA) is 20.7 Å². The first-order valence-corrected chi connectivity index (χ1v) is 7.70. The number of halogens is 1. The van der Waals surface area contributed by atoms with E-state index in [0.717, 1.165) is 17.6 Å². The molecule has 0 atom stereocenters. The molecule has 0 unspecified atom stereocenters. The van der Waals surface area contributed by atoms with Crippen LogP contribution in [0, 0.1) is 10.6 Å². The summed E-state index contributed by atoms with van der Waals surface area (Å²) in [5, 5.41) is 0. The molecule has 5 heteroatoms. The highest BCUT2D eigenvalue weighted by atomic mass is 32.2. The van der Waals surface area contributed by atoms with Crippen LogP contribution in [0.25, 0.3) is 11.0 Å². The minimum atomic E-state index is -0.228. The maximum absolute atomic E-state index is 13.2. The van der Waals surface area contributed by atoms with Crippen LogP contribution in [0.2, 0.25) is 0 Å². The van der Waals surface area contributed by atoms with Crippen molar-refractivity contribution >= 4 is 35.0 Å². The SMILES string of the molecule is CSC1(Cn2c(=S)[nH]c3cc(F)ccc32)CCC1. The van der Waals surface area contributed by atoms with E-state index in [1.807, 2.05) is 17.8 Å². The van der Waals surface area contributed by atoms with Gasteiger partial charge in [-0.25, -0.2) is 4.39 Å². The molecule has 0 saturated heterocycles. The molecule has 0 bridgehead atoms. The molecule has 1 N–H and O–H groups in total. The lowest BCUT2D eigenvalue weighted by molar-refractivity contribution is 0.323. The van der Waals surface area contributed by atoms with Crippen LogP contribution in [0.15, 0.2) is 18.2 Å². The summed E-state index contributed by atoms with van der Waals surface area (Å²) < 4.78 is 16.3. The molecule has 0 amide bonds. The largest absolute Gasteiger partial charge is 0.330 e. The summed E-state index contributed by atoms with van der Waals surface area (Å²) in [4.78, 5) is 3.09. The fourth-order valence-electron chi connectivity index (χ4n) is 2.58. The Morgan fingerprint density at radius 1 is 1.50 bits per heavy atom. The Morgan fingerprint density at radius 2 is 2.28 bits per heavy atom. The van der Waals surface area contributed by atoms with Gasteiger partial charge in [-0.3, -0.25) is 0 Å². The number of H-pyrrole nitrogens is 1. The molecular formula is C13H15FN2S2. The molecule has 1 aliphatic rings. The maximum atomic E-state index is 13.2. The van der Waals surface area contributed by atoms with Crippen molar-refractivity contribution in [1.82, 2.24) is 9.55 Å². The third-order valence-electron chi connectivity index (χ3n) is 3.88. The van der Waals surface area contributed by atoms with Gasteiger partial charge < -0.3 is 9.55 Å². The number of nitrogens with zero attached hydrogens (tertiary/aromatic N) is 1. The van der Waals surface area contributed by atoms with Gasteiger partial charge in [0.25, 0.3) is 0 Å². The van der Waals surface area contributed by atoms with E-state index in [2.05, 4.69) is 15.8 Å². The van der Waals surface area contributed by atoms with Crippen LogP contribution >= 0.6 is 24.0 Å². The van der Waals surface area contributed by atoms with E-state index in [9.17, 15) is 4.39 Å². The van der Waals surface area contributed by atoms with Crippen LogP contribution in [0.5, 0.6) is 0 Å². The lowest BCUT2D eigenvalue weighted by Gasteiger charge is -2.40. The van der Waals surface area contributed by atoms with E-state index in [4.69, 9.17) is 12.2 Å². The highest BCUT2D eigenvalue weighted by Crippen LogP contribution is 2.44. The lowest BCUT2D eigenvalue weighted by atomic mass is 9.84. The van der Waals surface area contributed by atoms with Crippen molar-refractivity contribution in [3.8, 4) is 0 Å². The van der Waals surface area contributed by atoms with Crippen molar-refractivity contribution in [2.75, 3.05) is 6.26 Å². The van der Waals surface area contributed by atoms with Gasteiger partial charge in [-0.1, -0.05) is 6.42 Å². The Bertz CT molecular complexity index is 634. The second-order valence-corrected chi connectivity index (χ2v) is 6.58. The number of benzene rings is 1. The first-order chi connectivity index (χ1) is 8.63. The normalized spacial score (nSPS) is 17.9. The highest BCUT2D eigenvalue weighted by Gasteiger charge is 2.36. The highest BCUT2D eigenvalue weighted by molar-refractivity contribution is 8.00. The number of thioether (sulfide) groups is 1. The molecule has 0 spiro atoms. The molecule has 18 heavy (non-hydrogen) atoms. The van der Waals surface area contributed by atoms with Gasteiger partial charge in [-0.2, -0.15) is 11.8 Å². The summed E-state index contributed by atoms with van der Waals surface area (Å²) in [6.45, 7) is 0.915. The van der Waals surface area contributed by atoms with Gasteiger partial charge in [0, 0.05) is 11.3 Å². The summed E-state index contributed by atoms with van der Waals surface area (Å²) >= 11 is 7.28. The zero-order valence-corrected chi connectivity index (χ0v) is 11.8. The van der Waals surface area contributed by atoms with Crippen molar-refractivity contribution in [3.63, 3.8) is 0 Å². The van der Waals surface area contributed by atoms with Crippen molar-refractivity contribution < 1.29 is 4.39 Å². The summed E-state index contributed by atoms with van der Waals surface area (Å²) in [6, 6.07) is 4.81. The molecule has 1 heterocycles. The standard InChI is InChI=1S/C13H15FN2S2/c1-18-13(5-2-6-13)8-16-11-4-3-9(14)7-10(11)15-12(16)17/h3-4,7H,2,5-6,8H2,1H3,(H,15,17). The van der Waals surface area contributed by atoms with Gasteiger partial charge in [0.2, 0.25) is 0 Å². The maximum Gasteiger partial charge on any atom is 0.178 e. The second kappa shape index (κ2) is 4.38. The molecular weight excluding hydrogens is 267 g/mol. The van der Waals surface area contributed by atoms with Crippen LogP contribution in [-0.2, 0) is 6.54 Å². The molecule has 1 saturated carbocycles. The minimum absolute atomic E-state index is 0.228. The Morgan fingerprint density at radius 3 is 2.89 bits per heavy atom. The Balaban J connectivity index is 2.06. The number of aromatic amines is 1. The number of aromatic nitrogens is 2. The van der Waals surface area contributed by atoms with Crippen LogP contribution in [-0.4, -0.2) is 20.6 Å². The minimum Gasteiger partial charge on any atom is -0.330 e. The van der Waals surface area contributed by atoms with Crippen molar-refractivity contribution in [3.05, 3.63) is 28.8 Å². The summed E-state index contributed by atoms with van der Waals surface area (Å²) in [5.41, 5.74) is 1.79. The third kappa shape index (κ3) is 1.89. The van der Waals surface area contributed by atoms with Crippen molar-refractivity contribution in [1.29, 1.82) is 0 Å². The number of hydrogen-bond donors (Lipinski definition) is 1. The average Bonchev–Trinajstić information content (AvgIpc) is 2.59. The molecule has 1 aromatic heterocycles. The van der Waals surface area contributed by atoms with E-state index in [1.54, 1.807) is 0 Å². The van der Waals surface area contributed by atoms with Crippen LogP contribution in [0.1, 0.15) is 19.3 Å². The fraction of sp³-hybridized carbons (Fsp3) is 0.462. The van der Waals surface area contributed by atoms with E-state index in [-0.39, 0.29) is 5.82 Å². The number of imidazole rings is 1. The zero-order valence-electron chi connectivity index (χ0n) is 10.2. The van der Waals surface area contributed by atoms with Gasteiger partial charge in [0.05, 0.1) is 11.0 Å². The van der Waals surface area contributed by atoms with Crippen LogP contribution in [0.4, 0.5) is 4.39 Å². The molecule has 0 radical (unpaired) electrons. The van der Waals surface area contributed by atoms with Crippen LogP contribution < -0.4 is 0 Å². The van der Waals surface area contributed by atoms with Gasteiger partial charge in [-0.05, 0) is 49.5 Å². The quantitative estimate of drug-likeness (QED) is 0.855. The summed E-state index contributed by atoms with van der Waals surface area (Å²) in [6.07, 6.45) is 5.94. The number of fused-ring (bicyclic) bond motifs is 1. The summed E-state index contributed by atoms with van der Waals surface area (Å²) in [5.74, 6) is -0.228. The lowest BCUT2D eigenvalue weighted by Crippen LogP contribution is -2.37. The number of nitrogens with one attached hydrogen (secondary N) is 1. The molecule has 96 valence electrons. The first-order valence-electron chi connectivity index (χ1n) is 6.07. The Hall–Kier alpha value is -0.810. The predicted octanol–water partition coefficient (Wildman–Crippen LogP) is 4.12. The van der Waals surface area contributed by atoms with Gasteiger partial charge in [0.1, 0.15) is 5.82 Å². The zero-order chi connectivity index (χ0) is 12.8. The molecule has 2 nitrogen and oxygen atoms in total. The van der Waals surface area contributed by atoms with E-state index in [1.165, 1.54) is 31.4 Å². The fourth-order valence-corrected chi connectivity index (χ4v) is 3.81. The second-order valence-electron chi connectivity index (χ2n) is 4.92. The van der Waals surface area contributed by atoms with Gasteiger partial charge in [0.15, 0.2) is 4.77 Å². The third-order valence-corrected chi connectivity index (χ3v) is 5.61.